The van der Waals surface area contributed by atoms with Gasteiger partial charge in [0.2, 0.25) is 5.91 Å². The number of benzene rings is 2. The SMILES string of the molecule is O=C(NC1(C(=O)NC[C@H]2CCC[C@H]2C(=O)O)CC1)OCC1c2ccccc2-c2ccccc21. The molecule has 2 aromatic rings. The number of carboxylic acid groups (broad SMARTS) is 1. The molecule has 2 amide bonds. The summed E-state index contributed by atoms with van der Waals surface area (Å²) in [7, 11) is 0. The van der Waals surface area contributed by atoms with Gasteiger partial charge in [0.05, 0.1) is 5.92 Å². The zero-order valence-electron chi connectivity index (χ0n) is 18.4. The molecule has 3 N–H and O–H groups in total. The van der Waals surface area contributed by atoms with Crippen molar-refractivity contribution in [3.63, 3.8) is 0 Å². The Morgan fingerprint density at radius 2 is 1.61 bits per heavy atom. The Hall–Kier alpha value is -3.35. The molecular weight excluding hydrogens is 420 g/mol. The van der Waals surface area contributed by atoms with E-state index in [9.17, 15) is 19.5 Å². The molecule has 0 saturated heterocycles. The zero-order chi connectivity index (χ0) is 23.0. The number of alkyl carbamates (subject to hydrolysis) is 1. The molecule has 2 atom stereocenters. The molecule has 0 heterocycles. The van der Waals surface area contributed by atoms with Crippen molar-refractivity contribution >= 4 is 18.0 Å². The number of hydrogen-bond donors (Lipinski definition) is 3. The minimum Gasteiger partial charge on any atom is -0.481 e. The van der Waals surface area contributed by atoms with Crippen LogP contribution in [-0.4, -0.2) is 41.8 Å². The molecule has 2 saturated carbocycles. The summed E-state index contributed by atoms with van der Waals surface area (Å²) in [5, 5.41) is 15.0. The van der Waals surface area contributed by atoms with E-state index in [1.165, 1.54) is 0 Å². The van der Waals surface area contributed by atoms with Crippen LogP contribution < -0.4 is 10.6 Å². The molecule has 3 aliphatic carbocycles. The van der Waals surface area contributed by atoms with E-state index in [1.54, 1.807) is 0 Å². The number of carbonyl (C=O) groups is 3. The van der Waals surface area contributed by atoms with Crippen LogP contribution in [0.1, 0.15) is 49.1 Å². The molecular formula is C26H28N2O5. The van der Waals surface area contributed by atoms with Crippen molar-refractivity contribution in [3.05, 3.63) is 59.7 Å². The van der Waals surface area contributed by atoms with Gasteiger partial charge in [0.25, 0.3) is 0 Å². The molecule has 0 aromatic heterocycles. The van der Waals surface area contributed by atoms with Crippen molar-refractivity contribution in [2.75, 3.05) is 13.2 Å². The van der Waals surface area contributed by atoms with Gasteiger partial charge in [-0.15, -0.1) is 0 Å². The Bertz CT molecular complexity index is 1050. The predicted molar refractivity (Wildman–Crippen MR) is 122 cm³/mol. The molecule has 0 unspecified atom stereocenters. The van der Waals surface area contributed by atoms with Crippen molar-refractivity contribution in [1.29, 1.82) is 0 Å². The molecule has 0 bridgehead atoms. The van der Waals surface area contributed by atoms with Crippen LogP contribution in [0.15, 0.2) is 48.5 Å². The highest BCUT2D eigenvalue weighted by molar-refractivity contribution is 5.93. The number of ether oxygens (including phenoxy) is 1. The first-order valence-electron chi connectivity index (χ1n) is 11.6. The summed E-state index contributed by atoms with van der Waals surface area (Å²) in [5.74, 6) is -1.56. The summed E-state index contributed by atoms with van der Waals surface area (Å²) in [6, 6.07) is 16.3. The number of carboxylic acids is 1. The minimum absolute atomic E-state index is 0.0394. The maximum atomic E-state index is 12.8. The van der Waals surface area contributed by atoms with E-state index >= 15 is 0 Å². The van der Waals surface area contributed by atoms with Gasteiger partial charge in [-0.25, -0.2) is 4.79 Å². The molecule has 33 heavy (non-hydrogen) atoms. The smallest absolute Gasteiger partial charge is 0.408 e. The Balaban J connectivity index is 1.17. The van der Waals surface area contributed by atoms with E-state index in [-0.39, 0.29) is 24.3 Å². The first-order valence-corrected chi connectivity index (χ1v) is 11.6. The van der Waals surface area contributed by atoms with E-state index in [0.29, 0.717) is 25.8 Å². The number of aliphatic carboxylic acids is 1. The number of nitrogens with one attached hydrogen (secondary N) is 2. The third-order valence-corrected chi connectivity index (χ3v) is 7.37. The van der Waals surface area contributed by atoms with Crippen LogP contribution in [0.3, 0.4) is 0 Å². The van der Waals surface area contributed by atoms with Crippen molar-refractivity contribution in [2.24, 2.45) is 11.8 Å². The standard InChI is InChI=1S/C26H28N2O5/c29-23(30)17-11-5-6-16(17)14-27-24(31)26(12-13-26)28-25(32)33-15-22-20-9-3-1-7-18(20)19-8-2-4-10-21(19)22/h1-4,7-10,16-17,22H,5-6,11-15H2,(H,27,31)(H,28,32)(H,29,30)/t16-,17-/m1/s1. The van der Waals surface area contributed by atoms with Crippen molar-refractivity contribution in [1.82, 2.24) is 10.6 Å². The van der Waals surface area contributed by atoms with Crippen LogP contribution in [0.2, 0.25) is 0 Å². The van der Waals surface area contributed by atoms with Crippen LogP contribution in [0, 0.1) is 11.8 Å². The number of fused-ring (bicyclic) bond motifs is 3. The molecule has 0 radical (unpaired) electrons. The van der Waals surface area contributed by atoms with Crippen LogP contribution in [0.5, 0.6) is 0 Å². The summed E-state index contributed by atoms with van der Waals surface area (Å²) in [4.78, 5) is 36.7. The monoisotopic (exact) mass is 448 g/mol. The number of amides is 2. The first kappa shape index (κ1) is 21.5. The largest absolute Gasteiger partial charge is 0.481 e. The van der Waals surface area contributed by atoms with E-state index in [0.717, 1.165) is 35.1 Å². The molecule has 3 aliphatic rings. The summed E-state index contributed by atoms with van der Waals surface area (Å²) >= 11 is 0. The lowest BCUT2D eigenvalue weighted by molar-refractivity contribution is -0.143. The Kier molecular flexibility index (Phi) is 5.56. The lowest BCUT2D eigenvalue weighted by Gasteiger charge is -2.21. The topological polar surface area (TPSA) is 105 Å². The molecule has 2 fully saturated rings. The molecule has 0 spiro atoms. The zero-order valence-corrected chi connectivity index (χ0v) is 18.4. The summed E-state index contributed by atoms with van der Waals surface area (Å²) in [5.41, 5.74) is 3.64. The Labute approximate surface area is 192 Å². The summed E-state index contributed by atoms with van der Waals surface area (Å²) in [6.45, 7) is 0.518. The Morgan fingerprint density at radius 1 is 0.970 bits per heavy atom. The van der Waals surface area contributed by atoms with Gasteiger partial charge in [-0.1, -0.05) is 55.0 Å². The van der Waals surface area contributed by atoms with E-state index in [1.807, 2.05) is 24.3 Å². The molecule has 5 rings (SSSR count). The summed E-state index contributed by atoms with van der Waals surface area (Å²) < 4.78 is 5.58. The van der Waals surface area contributed by atoms with E-state index in [4.69, 9.17) is 4.74 Å². The van der Waals surface area contributed by atoms with E-state index < -0.39 is 23.5 Å². The molecule has 0 aliphatic heterocycles. The average molecular weight is 449 g/mol. The van der Waals surface area contributed by atoms with Gasteiger partial charge >= 0.3 is 12.1 Å². The van der Waals surface area contributed by atoms with Gasteiger partial charge in [-0.2, -0.15) is 0 Å². The Morgan fingerprint density at radius 3 is 2.21 bits per heavy atom. The van der Waals surface area contributed by atoms with Gasteiger partial charge in [-0.3, -0.25) is 9.59 Å². The van der Waals surface area contributed by atoms with Crippen molar-refractivity contribution < 1.29 is 24.2 Å². The lowest BCUT2D eigenvalue weighted by Crippen LogP contribution is -2.50. The number of carbonyl (C=O) groups excluding carboxylic acids is 2. The van der Waals surface area contributed by atoms with Crippen LogP contribution in [0.4, 0.5) is 4.79 Å². The third kappa shape index (κ3) is 4.08. The number of rotatable bonds is 7. The van der Waals surface area contributed by atoms with Gasteiger partial charge in [0, 0.05) is 12.5 Å². The second-order valence-electron chi connectivity index (χ2n) is 9.38. The normalized spacial score (nSPS) is 22.2. The highest BCUT2D eigenvalue weighted by Gasteiger charge is 2.52. The van der Waals surface area contributed by atoms with Gasteiger partial charge < -0.3 is 20.5 Å². The fraction of sp³-hybridized carbons (Fsp3) is 0.423. The molecule has 7 nitrogen and oxygen atoms in total. The fourth-order valence-corrected chi connectivity index (χ4v) is 5.36. The van der Waals surface area contributed by atoms with Gasteiger partial charge in [0.15, 0.2) is 0 Å². The van der Waals surface area contributed by atoms with Crippen LogP contribution >= 0.6 is 0 Å². The maximum absolute atomic E-state index is 12.8. The quantitative estimate of drug-likeness (QED) is 0.599. The third-order valence-electron chi connectivity index (χ3n) is 7.37. The molecule has 2 aromatic carbocycles. The van der Waals surface area contributed by atoms with Gasteiger partial charge in [-0.05, 0) is 53.9 Å². The van der Waals surface area contributed by atoms with Crippen LogP contribution in [-0.2, 0) is 14.3 Å². The fourth-order valence-electron chi connectivity index (χ4n) is 5.36. The van der Waals surface area contributed by atoms with Crippen molar-refractivity contribution in [2.45, 2.75) is 43.6 Å². The van der Waals surface area contributed by atoms with Gasteiger partial charge in [0.1, 0.15) is 12.1 Å². The predicted octanol–water partition coefficient (Wildman–Crippen LogP) is 3.67. The van der Waals surface area contributed by atoms with E-state index in [2.05, 4.69) is 34.9 Å². The second-order valence-corrected chi connectivity index (χ2v) is 9.38. The lowest BCUT2D eigenvalue weighted by atomic mass is 9.96. The minimum atomic E-state index is -0.945. The highest BCUT2D eigenvalue weighted by atomic mass is 16.5. The summed E-state index contributed by atoms with van der Waals surface area (Å²) in [6.07, 6.45) is 2.81. The van der Waals surface area contributed by atoms with Crippen molar-refractivity contribution in [3.8, 4) is 11.1 Å². The maximum Gasteiger partial charge on any atom is 0.408 e. The average Bonchev–Trinajstić information content (AvgIpc) is 3.31. The van der Waals surface area contributed by atoms with Crippen LogP contribution in [0.25, 0.3) is 11.1 Å². The number of hydrogen-bond acceptors (Lipinski definition) is 4. The second kappa shape index (κ2) is 8.54. The highest BCUT2D eigenvalue weighted by Crippen LogP contribution is 2.44. The molecule has 7 heteroatoms. The first-order chi connectivity index (χ1) is 16.0. The molecule has 172 valence electrons.